The number of pyridine rings is 2. The Balaban J connectivity index is 0.000000217. The molecule has 1 radical (unpaired) electrons. The Morgan fingerprint density at radius 1 is 0.725 bits per heavy atom. The van der Waals surface area contributed by atoms with Crippen molar-refractivity contribution in [3.05, 3.63) is 122 Å². The fraction of sp³-hybridized carbons (Fsp3) is 0.462. The van der Waals surface area contributed by atoms with Crippen molar-refractivity contribution in [1.29, 1.82) is 0 Å². The van der Waals surface area contributed by atoms with Gasteiger partial charge in [0.1, 0.15) is 35.3 Å². The lowest BCUT2D eigenvalue weighted by atomic mass is 9.86. The van der Waals surface area contributed by atoms with Crippen molar-refractivity contribution < 1.29 is 74.1 Å². The molecule has 0 spiro atoms. The Bertz CT molecular complexity index is 3840. The summed E-state index contributed by atoms with van der Waals surface area (Å²) in [4.78, 5) is 101. The van der Waals surface area contributed by atoms with E-state index in [1.807, 2.05) is 42.5 Å². The number of fused-ring (bicyclic) bond motifs is 2. The highest BCUT2D eigenvalue weighted by molar-refractivity contribution is 7.91. The molecule has 483 valence electrons. The van der Waals surface area contributed by atoms with Crippen molar-refractivity contribution >= 4 is 90.4 Å². The van der Waals surface area contributed by atoms with E-state index in [0.717, 1.165) is 28.1 Å². The Morgan fingerprint density at radius 3 is 1.67 bits per heavy atom. The molecule has 4 aliphatic carbocycles. The van der Waals surface area contributed by atoms with E-state index in [0.29, 0.717) is 73.5 Å². The fourth-order valence-corrected chi connectivity index (χ4v) is 14.4. The van der Waals surface area contributed by atoms with Gasteiger partial charge in [-0.25, -0.2) is 31.6 Å². The highest BCUT2D eigenvalue weighted by atomic mass is 32.2. The van der Waals surface area contributed by atoms with Crippen molar-refractivity contribution in [3.63, 3.8) is 0 Å². The lowest BCUT2D eigenvalue weighted by Gasteiger charge is -2.30. The number of carbonyl (C=O) groups is 7. The molecule has 6 aliphatic rings. The smallest absolute Gasteiger partial charge is 0.408 e. The topological polar surface area (TPSA) is 311 Å². The van der Waals surface area contributed by atoms with Gasteiger partial charge in [0.2, 0.25) is 43.6 Å². The molecule has 23 nitrogen and oxygen atoms in total. The second kappa shape index (κ2) is 27.7. The number of ketones is 2. The van der Waals surface area contributed by atoms with Crippen LogP contribution in [-0.2, 0) is 53.6 Å². The van der Waals surface area contributed by atoms with Gasteiger partial charge >= 0.3 is 6.09 Å². The Morgan fingerprint density at radius 2 is 1.22 bits per heavy atom. The molecule has 5 aromatic rings. The molecule has 4 N–H and O–H groups in total. The zero-order valence-electron chi connectivity index (χ0n) is 51.8. The van der Waals surface area contributed by atoms with E-state index in [-0.39, 0.29) is 50.0 Å². The number of likely N-dealkylation sites (tertiary alicyclic amines) is 1. The van der Waals surface area contributed by atoms with E-state index in [2.05, 4.69) is 43.2 Å². The highest BCUT2D eigenvalue weighted by Gasteiger charge is 2.63. The maximum Gasteiger partial charge on any atom is 0.408 e. The molecule has 2 aromatic heterocycles. The summed E-state index contributed by atoms with van der Waals surface area (Å²) >= 11 is 0. The van der Waals surface area contributed by atoms with E-state index >= 15 is 0 Å². The van der Waals surface area contributed by atoms with E-state index in [4.69, 9.17) is 28.5 Å². The van der Waals surface area contributed by atoms with Crippen LogP contribution in [0.5, 0.6) is 23.3 Å². The molecule has 0 bridgehead atoms. The number of aromatic nitrogens is 2. The van der Waals surface area contributed by atoms with Gasteiger partial charge in [0, 0.05) is 55.4 Å². The van der Waals surface area contributed by atoms with Crippen molar-refractivity contribution in [2.24, 2.45) is 22.7 Å². The van der Waals surface area contributed by atoms with Gasteiger partial charge < -0.3 is 44.0 Å². The molecular formula is C65H77BN7O16S2. The summed E-state index contributed by atoms with van der Waals surface area (Å²) < 4.78 is 83.1. The van der Waals surface area contributed by atoms with Gasteiger partial charge in [-0.1, -0.05) is 49.3 Å². The van der Waals surface area contributed by atoms with Gasteiger partial charge in [-0.15, -0.1) is 13.2 Å². The summed E-state index contributed by atoms with van der Waals surface area (Å²) in [6, 6.07) is 20.6. The number of hydrogen-bond acceptors (Lipinski definition) is 19. The second-order valence-corrected chi connectivity index (χ2v) is 28.7. The number of hydrogen-bond donors (Lipinski definition) is 4. The summed E-state index contributed by atoms with van der Waals surface area (Å²) in [6.07, 6.45) is 8.27. The molecule has 4 amide bonds. The van der Waals surface area contributed by atoms with E-state index in [9.17, 15) is 45.6 Å². The van der Waals surface area contributed by atoms with Gasteiger partial charge in [-0.2, -0.15) is 0 Å². The number of benzene rings is 3. The van der Waals surface area contributed by atoms with Crippen LogP contribution in [0.3, 0.4) is 0 Å². The molecule has 91 heavy (non-hydrogen) atoms. The maximum absolute atomic E-state index is 14.6. The first-order valence-electron chi connectivity index (χ1n) is 30.2. The monoisotopic (exact) mass is 1290 g/mol. The van der Waals surface area contributed by atoms with Crippen molar-refractivity contribution in [2.75, 3.05) is 27.3 Å². The number of nitrogens with one attached hydrogen (secondary N) is 4. The normalized spacial score (nSPS) is 24.3. The minimum atomic E-state index is -3.87. The quantitative estimate of drug-likeness (QED) is 0.0285. The zero-order valence-corrected chi connectivity index (χ0v) is 53.4. The van der Waals surface area contributed by atoms with Crippen LogP contribution in [0, 0.1) is 22.7 Å². The Hall–Kier alpha value is -8.23. The summed E-state index contributed by atoms with van der Waals surface area (Å²) in [7, 11) is -2.92. The fourth-order valence-electron chi connectivity index (χ4n) is 11.6. The van der Waals surface area contributed by atoms with Crippen molar-refractivity contribution in [3.8, 4) is 23.3 Å². The van der Waals surface area contributed by atoms with Gasteiger partial charge in [0.15, 0.2) is 18.8 Å². The first kappa shape index (κ1) is 67.2. The number of sulfonamides is 2. The maximum atomic E-state index is 14.6. The Kier molecular flexibility index (Phi) is 20.5. The van der Waals surface area contributed by atoms with E-state index in [1.165, 1.54) is 12.2 Å². The number of amides is 4. The third-order valence-electron chi connectivity index (χ3n) is 17.1. The van der Waals surface area contributed by atoms with E-state index in [1.54, 1.807) is 103 Å². The molecule has 9 atom stereocenters. The first-order chi connectivity index (χ1) is 43.3. The molecular weight excluding hydrogens is 1210 g/mol. The van der Waals surface area contributed by atoms with Crippen molar-refractivity contribution in [2.45, 2.75) is 138 Å². The van der Waals surface area contributed by atoms with Crippen LogP contribution in [-0.4, -0.2) is 148 Å². The van der Waals surface area contributed by atoms with Crippen LogP contribution < -0.4 is 39.0 Å². The van der Waals surface area contributed by atoms with Gasteiger partial charge in [-0.3, -0.25) is 33.4 Å². The summed E-state index contributed by atoms with van der Waals surface area (Å²) in [5.74, 6) is -0.957. The minimum absolute atomic E-state index is 0.0353. The molecule has 6 fully saturated rings. The number of rotatable bonds is 24. The number of Topliss-reactive ketones (excluding diaryl/α,β-unsaturated/α-hetero) is 2. The third-order valence-corrected chi connectivity index (χ3v) is 20.8. The number of nitrogens with zero attached hydrogens (tertiary/aromatic N) is 3. The molecule has 2 aliphatic heterocycles. The number of allylic oxidation sites excluding steroid dienone is 2. The molecule has 0 unspecified atom stereocenters. The highest BCUT2D eigenvalue weighted by Crippen LogP contribution is 2.58. The van der Waals surface area contributed by atoms with Gasteiger partial charge in [0.05, 0.1) is 60.4 Å². The SMILES string of the molecule is C=C[C@@H]1C[C@]1(CC(=O)[C@@H]1C[C@@H](Oc2nccc3cc(OC)ccc23)CN1)C(=O)NS(=O)(=O)C1CC1.C=C[C@@H]1C[C@]1(CC(=O)[C@@H]1C[C@@H](Oc2nccc3cc(OC)ccc23)CN1C(=O)[C@@H](NC(=O)OC(C)(C)C)c1ccccc1)C(=O)NS(=O)(=O)C1CC1.C[B]C=O. The predicted octanol–water partition coefficient (Wildman–Crippen LogP) is 6.66. The lowest BCUT2D eigenvalue weighted by molar-refractivity contribution is -0.140. The standard InChI is InChI=1S/C38H44N4O9S.C25H29N3O6S.C2H4BO/c1-6-25-20-38(25,35(45)41-52(47,48)28-13-14-28)21-31(43)30-19-27(50-33-29-15-12-26(49-5)18-24(29)16-17-39-33)22-42(30)34(44)32(23-10-8-7-9-11-23)40-36(46)51-37(2,3)4;1-3-16-12-25(16,24(30)28-35(31,32)19-5-6-19)13-22(29)21-11-18(14-27-21)34-23-20-7-4-17(33-2)10-15(20)8-9-26-23;1-3-2-4/h6-12,15-18,25,27-28,30,32H,1,13-14,19-22H2,2-5H3,(H,40,46)(H,41,45);3-4,7-10,16,18-19,21,27H,1,5-6,11-14H2,2H3,(H,28,30);2H,1H3/t25-,27-,30+,32+,38-;16-,18-,21+,25-;/m11./s1. The van der Waals surface area contributed by atoms with Gasteiger partial charge in [-0.05, 0) is 136 Å². The third kappa shape index (κ3) is 15.9. The first-order valence-corrected chi connectivity index (χ1v) is 33.3. The minimum Gasteiger partial charge on any atom is -0.497 e. The number of alkyl carbamates (subject to hydrolysis) is 1. The molecule has 3 aromatic carbocycles. The van der Waals surface area contributed by atoms with Crippen LogP contribution in [0.1, 0.15) is 96.6 Å². The average molecular weight is 1290 g/mol. The molecule has 26 heteroatoms. The van der Waals surface area contributed by atoms with Gasteiger partial charge in [0.25, 0.3) is 5.91 Å². The number of ether oxygens (including phenoxy) is 5. The van der Waals surface area contributed by atoms with Crippen LogP contribution in [0.2, 0.25) is 6.82 Å². The second-order valence-electron chi connectivity index (χ2n) is 24.8. The summed E-state index contributed by atoms with van der Waals surface area (Å²) in [5.41, 5.74) is -2.74. The van der Waals surface area contributed by atoms with Crippen LogP contribution >= 0.6 is 0 Å². The largest absolute Gasteiger partial charge is 0.497 e. The van der Waals surface area contributed by atoms with Crippen molar-refractivity contribution in [1.82, 2.24) is 34.9 Å². The number of carbonyl (C=O) groups excluding carboxylic acids is 7. The summed E-state index contributed by atoms with van der Waals surface area (Å²) in [5, 5.41) is 8.05. The predicted molar refractivity (Wildman–Crippen MR) is 340 cm³/mol. The molecule has 4 heterocycles. The summed E-state index contributed by atoms with van der Waals surface area (Å²) in [6.45, 7) is 14.8. The molecule has 11 rings (SSSR count). The zero-order chi connectivity index (χ0) is 65.6. The van der Waals surface area contributed by atoms with E-state index < -0.39 is 107 Å². The molecule has 4 saturated carbocycles. The lowest BCUT2D eigenvalue weighted by Crippen LogP contribution is -2.49. The Labute approximate surface area is 530 Å². The molecule has 2 saturated heterocycles. The number of methoxy groups -OCH3 is 2. The van der Waals surface area contributed by atoms with Crippen LogP contribution in [0.15, 0.2) is 117 Å². The van der Waals surface area contributed by atoms with Crippen LogP contribution in [0.25, 0.3) is 21.5 Å². The van der Waals surface area contributed by atoms with Crippen LogP contribution in [0.4, 0.5) is 4.79 Å². The average Bonchev–Trinajstić information content (AvgIpc) is 1.59.